The zero-order chi connectivity index (χ0) is 19.3. The third-order valence-electron chi connectivity index (χ3n) is 4.43. The first-order chi connectivity index (χ1) is 13.0. The summed E-state index contributed by atoms with van der Waals surface area (Å²) in [5, 5.41) is 9.43. The second-order valence-electron chi connectivity index (χ2n) is 6.79. The number of amides is 2. The van der Waals surface area contributed by atoms with E-state index in [1.807, 2.05) is 0 Å². The van der Waals surface area contributed by atoms with Crippen LogP contribution >= 0.6 is 0 Å². The molecule has 7 heteroatoms. The summed E-state index contributed by atoms with van der Waals surface area (Å²) < 4.78 is 5.07. The fourth-order valence-corrected chi connectivity index (χ4v) is 3.10. The molecule has 140 valence electrons. The van der Waals surface area contributed by atoms with Gasteiger partial charge in [0.2, 0.25) is 11.7 Å². The van der Waals surface area contributed by atoms with Crippen molar-refractivity contribution in [2.45, 2.75) is 51.5 Å². The van der Waals surface area contributed by atoms with E-state index in [4.69, 9.17) is 4.52 Å². The first kappa shape index (κ1) is 18.6. The molecule has 1 saturated carbocycles. The van der Waals surface area contributed by atoms with Gasteiger partial charge in [0.05, 0.1) is 5.69 Å². The smallest absolute Gasteiger partial charge is 0.291 e. The summed E-state index contributed by atoms with van der Waals surface area (Å²) in [5.74, 6) is 6.56. The van der Waals surface area contributed by atoms with Crippen LogP contribution in [0.4, 0.5) is 5.82 Å². The summed E-state index contributed by atoms with van der Waals surface area (Å²) >= 11 is 0. The lowest BCUT2D eigenvalue weighted by Crippen LogP contribution is -2.48. The lowest BCUT2D eigenvalue weighted by atomic mass is 9.82. The second-order valence-corrected chi connectivity index (χ2v) is 6.79. The van der Waals surface area contributed by atoms with Gasteiger partial charge in [-0.2, -0.15) is 0 Å². The number of carbonyl (C=O) groups excluding carboxylic acids is 2. The van der Waals surface area contributed by atoms with Gasteiger partial charge in [0.25, 0.3) is 5.91 Å². The van der Waals surface area contributed by atoms with Crippen LogP contribution in [0.5, 0.6) is 0 Å². The van der Waals surface area contributed by atoms with Crippen LogP contribution in [0.1, 0.15) is 60.8 Å². The Bertz CT molecular complexity index is 884. The largest absolute Gasteiger partial charge is 0.351 e. The molecule has 27 heavy (non-hydrogen) atoms. The number of rotatable bonds is 3. The maximum Gasteiger partial charge on any atom is 0.291 e. The molecule has 3 rings (SSSR count). The van der Waals surface area contributed by atoms with Crippen molar-refractivity contribution in [2.75, 3.05) is 5.32 Å². The quantitative estimate of drug-likeness (QED) is 0.814. The zero-order valence-corrected chi connectivity index (χ0v) is 15.5. The third kappa shape index (κ3) is 4.94. The highest BCUT2D eigenvalue weighted by atomic mass is 16.5. The molecule has 2 aromatic rings. The topological polar surface area (TPSA) is 97.1 Å². The Morgan fingerprint density at radius 1 is 1.22 bits per heavy atom. The predicted octanol–water partition coefficient (Wildman–Crippen LogP) is 2.82. The number of nitrogens with one attached hydrogen (secondary N) is 2. The van der Waals surface area contributed by atoms with Gasteiger partial charge in [-0.3, -0.25) is 9.59 Å². The molecule has 0 saturated heterocycles. The third-order valence-corrected chi connectivity index (χ3v) is 4.43. The van der Waals surface area contributed by atoms with Crippen molar-refractivity contribution in [3.05, 3.63) is 41.4 Å². The first-order valence-electron chi connectivity index (χ1n) is 8.98. The van der Waals surface area contributed by atoms with Crippen molar-refractivity contribution < 1.29 is 14.1 Å². The van der Waals surface area contributed by atoms with Crippen molar-refractivity contribution in [1.29, 1.82) is 0 Å². The molecule has 0 unspecified atom stereocenters. The van der Waals surface area contributed by atoms with Crippen LogP contribution in [0.25, 0.3) is 0 Å². The van der Waals surface area contributed by atoms with Gasteiger partial charge in [0, 0.05) is 24.8 Å². The SMILES string of the molecule is CC(=O)Nc1ccc(C#CC2(NC(=O)c3cc(C)no3)CCCCC2)cn1. The molecule has 1 aliphatic carbocycles. The maximum atomic E-state index is 12.5. The van der Waals surface area contributed by atoms with Gasteiger partial charge in [0.1, 0.15) is 11.4 Å². The average molecular weight is 366 g/mol. The van der Waals surface area contributed by atoms with Crippen molar-refractivity contribution in [2.24, 2.45) is 0 Å². The molecule has 7 nitrogen and oxygen atoms in total. The second kappa shape index (κ2) is 8.04. The Morgan fingerprint density at radius 3 is 2.59 bits per heavy atom. The highest BCUT2D eigenvalue weighted by molar-refractivity contribution is 5.92. The Balaban J connectivity index is 1.78. The minimum Gasteiger partial charge on any atom is -0.351 e. The van der Waals surface area contributed by atoms with Gasteiger partial charge in [-0.25, -0.2) is 4.98 Å². The lowest BCUT2D eigenvalue weighted by Gasteiger charge is -2.33. The Hall–Kier alpha value is -3.14. The van der Waals surface area contributed by atoms with Gasteiger partial charge in [-0.1, -0.05) is 36.3 Å². The summed E-state index contributed by atoms with van der Waals surface area (Å²) in [7, 11) is 0. The minimum absolute atomic E-state index is 0.173. The fourth-order valence-electron chi connectivity index (χ4n) is 3.10. The number of aromatic nitrogens is 2. The van der Waals surface area contributed by atoms with Gasteiger partial charge < -0.3 is 15.2 Å². The van der Waals surface area contributed by atoms with E-state index in [1.165, 1.54) is 6.92 Å². The number of pyridine rings is 1. The van der Waals surface area contributed by atoms with Gasteiger partial charge in [-0.05, 0) is 31.9 Å². The molecule has 0 bridgehead atoms. The van der Waals surface area contributed by atoms with E-state index < -0.39 is 5.54 Å². The summed E-state index contributed by atoms with van der Waals surface area (Å²) in [4.78, 5) is 27.8. The molecule has 0 atom stereocenters. The summed E-state index contributed by atoms with van der Waals surface area (Å²) in [5.41, 5.74) is 0.792. The van der Waals surface area contributed by atoms with E-state index in [1.54, 1.807) is 31.3 Å². The molecule has 2 amide bonds. The van der Waals surface area contributed by atoms with Crippen molar-refractivity contribution in [3.63, 3.8) is 0 Å². The van der Waals surface area contributed by atoms with Crippen LogP contribution in [0.3, 0.4) is 0 Å². The van der Waals surface area contributed by atoms with E-state index >= 15 is 0 Å². The lowest BCUT2D eigenvalue weighted by molar-refractivity contribution is -0.114. The van der Waals surface area contributed by atoms with Crippen LogP contribution < -0.4 is 10.6 Å². The Kier molecular flexibility index (Phi) is 5.55. The van der Waals surface area contributed by atoms with Crippen molar-refractivity contribution in [3.8, 4) is 11.8 Å². The summed E-state index contributed by atoms with van der Waals surface area (Å²) in [6.45, 7) is 3.20. The Labute approximate surface area is 157 Å². The van der Waals surface area contributed by atoms with Crippen LogP contribution in [0.15, 0.2) is 28.9 Å². The molecular formula is C20H22N4O3. The predicted molar refractivity (Wildman–Crippen MR) is 99.9 cm³/mol. The molecule has 0 aromatic carbocycles. The minimum atomic E-state index is -0.591. The van der Waals surface area contributed by atoms with E-state index in [9.17, 15) is 9.59 Å². The van der Waals surface area contributed by atoms with Gasteiger partial charge in [0.15, 0.2) is 0 Å². The van der Waals surface area contributed by atoms with Crippen LogP contribution in [-0.4, -0.2) is 27.5 Å². The molecule has 0 spiro atoms. The van der Waals surface area contributed by atoms with Crippen molar-refractivity contribution >= 4 is 17.6 Å². The monoisotopic (exact) mass is 366 g/mol. The Morgan fingerprint density at radius 2 is 2.00 bits per heavy atom. The number of hydrogen-bond acceptors (Lipinski definition) is 5. The molecular weight excluding hydrogens is 344 g/mol. The van der Waals surface area contributed by atoms with E-state index in [-0.39, 0.29) is 17.6 Å². The highest BCUT2D eigenvalue weighted by Gasteiger charge is 2.33. The number of nitrogens with zero attached hydrogens (tertiary/aromatic N) is 2. The molecule has 2 heterocycles. The normalized spacial score (nSPS) is 15.3. The molecule has 2 aromatic heterocycles. The standard InChI is InChI=1S/C20H22N4O3/c1-14-12-17(27-24-14)19(26)23-20(9-4-3-5-10-20)11-8-16-6-7-18(21-13-16)22-15(2)25/h6-7,12-13H,3-5,9-10H2,1-2H3,(H,23,26)(H,21,22,25). The number of anilines is 1. The molecule has 1 aliphatic rings. The number of hydrogen-bond donors (Lipinski definition) is 2. The molecule has 2 N–H and O–H groups in total. The van der Waals surface area contributed by atoms with Crippen molar-refractivity contribution in [1.82, 2.24) is 15.5 Å². The summed E-state index contributed by atoms with van der Waals surface area (Å²) in [6, 6.07) is 5.11. The molecule has 0 radical (unpaired) electrons. The molecule has 0 aliphatic heterocycles. The maximum absolute atomic E-state index is 12.5. The first-order valence-corrected chi connectivity index (χ1v) is 8.98. The van der Waals surface area contributed by atoms with Crippen LogP contribution in [0, 0.1) is 18.8 Å². The number of aryl methyl sites for hydroxylation is 1. The van der Waals surface area contributed by atoms with Crippen LogP contribution in [0.2, 0.25) is 0 Å². The van der Waals surface area contributed by atoms with E-state index in [0.29, 0.717) is 11.5 Å². The summed E-state index contributed by atoms with van der Waals surface area (Å²) in [6.07, 6.45) is 6.32. The van der Waals surface area contributed by atoms with Crippen LogP contribution in [-0.2, 0) is 4.79 Å². The fraction of sp³-hybridized carbons (Fsp3) is 0.400. The van der Waals surface area contributed by atoms with Gasteiger partial charge >= 0.3 is 0 Å². The zero-order valence-electron chi connectivity index (χ0n) is 15.5. The van der Waals surface area contributed by atoms with E-state index in [0.717, 1.165) is 37.7 Å². The van der Waals surface area contributed by atoms with E-state index in [2.05, 4.69) is 32.6 Å². The average Bonchev–Trinajstić information content (AvgIpc) is 3.08. The highest BCUT2D eigenvalue weighted by Crippen LogP contribution is 2.28. The number of carbonyl (C=O) groups is 2. The molecule has 1 fully saturated rings. The van der Waals surface area contributed by atoms with Gasteiger partial charge in [-0.15, -0.1) is 0 Å².